The molecule has 1 amide bonds. The zero-order valence-electron chi connectivity index (χ0n) is 20.3. The number of aromatic nitrogens is 2. The fraction of sp³-hybridized carbons (Fsp3) is 0.538. The highest BCUT2D eigenvalue weighted by molar-refractivity contribution is 6.24. The van der Waals surface area contributed by atoms with Crippen molar-refractivity contribution >= 4 is 35.0 Å². The molecule has 0 saturated heterocycles. The summed E-state index contributed by atoms with van der Waals surface area (Å²) in [4.78, 5) is 54.6. The van der Waals surface area contributed by atoms with Crippen LogP contribution in [0.4, 0.5) is 11.5 Å². The maximum Gasteiger partial charge on any atom is 0.330 e. The number of nitrogens with two attached hydrogens (primary N) is 1. The summed E-state index contributed by atoms with van der Waals surface area (Å²) in [6, 6.07) is 9.16. The van der Waals surface area contributed by atoms with Crippen molar-refractivity contribution in [3.05, 3.63) is 56.7 Å². The van der Waals surface area contributed by atoms with E-state index in [1.165, 1.54) is 4.57 Å². The van der Waals surface area contributed by atoms with Gasteiger partial charge >= 0.3 is 11.7 Å². The van der Waals surface area contributed by atoms with Crippen molar-refractivity contribution < 1.29 is 14.3 Å². The third-order valence-corrected chi connectivity index (χ3v) is 8.48. The lowest BCUT2D eigenvalue weighted by Gasteiger charge is -2.58. The summed E-state index contributed by atoms with van der Waals surface area (Å²) in [5.41, 5.74) is 4.84. The van der Waals surface area contributed by atoms with Crippen LogP contribution in [0.5, 0.6) is 0 Å². The molecule has 192 valence electrons. The van der Waals surface area contributed by atoms with Crippen molar-refractivity contribution in [2.75, 3.05) is 23.8 Å². The summed E-state index contributed by atoms with van der Waals surface area (Å²) in [7, 11) is 0. The molecule has 3 N–H and O–H groups in total. The molecule has 1 aromatic heterocycles. The third-order valence-electron chi connectivity index (χ3n) is 8.03. The van der Waals surface area contributed by atoms with Gasteiger partial charge in [-0.05, 0) is 62.8 Å². The first-order valence-corrected chi connectivity index (χ1v) is 12.8. The lowest BCUT2D eigenvalue weighted by atomic mass is 9.49. The highest BCUT2D eigenvalue weighted by Gasteiger charge is 2.60. The number of amides is 1. The zero-order valence-corrected chi connectivity index (χ0v) is 21.1. The normalized spacial score (nSPS) is 28.2. The molecule has 10 heteroatoms. The molecule has 0 aliphatic heterocycles. The van der Waals surface area contributed by atoms with E-state index >= 15 is 0 Å². The number of rotatable bonds is 7. The molecule has 4 saturated carbocycles. The number of likely N-dealkylation sites (N-methyl/N-ethyl adjacent to an activating group) is 1. The van der Waals surface area contributed by atoms with Gasteiger partial charge in [0.1, 0.15) is 5.82 Å². The van der Waals surface area contributed by atoms with Gasteiger partial charge in [0.15, 0.2) is 12.3 Å². The quantitative estimate of drug-likeness (QED) is 0.432. The summed E-state index contributed by atoms with van der Waals surface area (Å²) in [5, 5.41) is 0. The van der Waals surface area contributed by atoms with Crippen molar-refractivity contribution in [2.24, 2.45) is 17.3 Å². The number of hydrogen-bond acceptors (Lipinski definition) is 6. The van der Waals surface area contributed by atoms with Gasteiger partial charge in [0.25, 0.3) is 11.5 Å². The van der Waals surface area contributed by atoms with Crippen LogP contribution >= 0.6 is 11.6 Å². The highest BCUT2D eigenvalue weighted by Crippen LogP contribution is 2.64. The van der Waals surface area contributed by atoms with E-state index in [-0.39, 0.29) is 35.4 Å². The molecule has 6 rings (SSSR count). The number of hydrogen-bond donors (Lipinski definition) is 2. The highest BCUT2D eigenvalue weighted by atomic mass is 35.5. The van der Waals surface area contributed by atoms with Crippen LogP contribution < -0.4 is 21.9 Å². The molecule has 4 aliphatic rings. The molecule has 1 aromatic carbocycles. The number of benzene rings is 1. The Hall–Kier alpha value is -3.07. The number of esters is 1. The van der Waals surface area contributed by atoms with Gasteiger partial charge in [0.05, 0.1) is 12.0 Å². The van der Waals surface area contributed by atoms with Gasteiger partial charge in [0.2, 0.25) is 0 Å². The van der Waals surface area contributed by atoms with E-state index < -0.39 is 29.2 Å². The van der Waals surface area contributed by atoms with Crippen LogP contribution in [-0.4, -0.2) is 39.5 Å². The second-order valence-corrected chi connectivity index (χ2v) is 11.5. The first kappa shape index (κ1) is 24.6. The smallest absolute Gasteiger partial charge is 0.330 e. The molecule has 4 aliphatic carbocycles. The average Bonchev–Trinajstić information content (AvgIpc) is 2.81. The number of H-pyrrole nitrogens is 1. The molecule has 2 atom stereocenters. The van der Waals surface area contributed by atoms with E-state index in [2.05, 4.69) is 4.98 Å². The molecule has 0 spiro atoms. The molecule has 2 aromatic rings. The Labute approximate surface area is 213 Å². The summed E-state index contributed by atoms with van der Waals surface area (Å²) < 4.78 is 6.77. The minimum absolute atomic E-state index is 0.104. The zero-order chi connectivity index (χ0) is 25.7. The first-order chi connectivity index (χ1) is 17.1. The molecule has 0 radical (unpaired) electrons. The van der Waals surface area contributed by atoms with Gasteiger partial charge in [-0.25, -0.2) is 4.79 Å². The van der Waals surface area contributed by atoms with E-state index in [1.54, 1.807) is 6.92 Å². The molecule has 4 bridgehead atoms. The predicted octanol–water partition coefficient (Wildman–Crippen LogP) is 2.64. The second-order valence-electron chi connectivity index (χ2n) is 10.7. The maximum atomic E-state index is 13.2. The van der Waals surface area contributed by atoms with Crippen LogP contribution in [0, 0.1) is 17.3 Å². The van der Waals surface area contributed by atoms with Crippen molar-refractivity contribution in [1.29, 1.82) is 0 Å². The van der Waals surface area contributed by atoms with Crippen molar-refractivity contribution in [2.45, 2.75) is 56.9 Å². The number of anilines is 2. The maximum absolute atomic E-state index is 13.2. The Balaban J connectivity index is 1.34. The van der Waals surface area contributed by atoms with Crippen LogP contribution in [0.15, 0.2) is 39.9 Å². The number of alkyl halides is 1. The molecular weight excluding hydrogens is 484 g/mol. The van der Waals surface area contributed by atoms with E-state index in [0.29, 0.717) is 18.3 Å². The van der Waals surface area contributed by atoms with Crippen molar-refractivity contribution in [3.63, 3.8) is 0 Å². The Bertz CT molecular complexity index is 1290. The third kappa shape index (κ3) is 4.34. The summed E-state index contributed by atoms with van der Waals surface area (Å²) in [5.74, 6) is -0.258. The fourth-order valence-corrected chi connectivity index (χ4v) is 7.66. The van der Waals surface area contributed by atoms with E-state index in [0.717, 1.165) is 42.6 Å². The lowest BCUT2D eigenvalue weighted by Crippen LogP contribution is -2.56. The Morgan fingerprint density at radius 1 is 1.17 bits per heavy atom. The summed E-state index contributed by atoms with van der Waals surface area (Å²) in [6.45, 7) is 1.39. The monoisotopic (exact) mass is 514 g/mol. The SMILES string of the molecule is CCN(C(=O)COC(=O)C12C[C@H]3C[C@@H](CC(Cl)(C3)C1)C2)c1c(N)n(Cc2ccccc2)c(=O)[nH]c1=O. The number of halogens is 1. The van der Waals surface area contributed by atoms with Crippen LogP contribution in [0.1, 0.15) is 51.0 Å². The van der Waals surface area contributed by atoms with Crippen LogP contribution in [0.25, 0.3) is 0 Å². The number of ether oxygens (including phenoxy) is 1. The number of nitrogens with zero attached hydrogens (tertiary/aromatic N) is 2. The second kappa shape index (κ2) is 9.10. The van der Waals surface area contributed by atoms with Gasteiger partial charge in [-0.3, -0.25) is 23.9 Å². The van der Waals surface area contributed by atoms with Gasteiger partial charge in [-0.15, -0.1) is 11.6 Å². The van der Waals surface area contributed by atoms with E-state index in [9.17, 15) is 19.2 Å². The summed E-state index contributed by atoms with van der Waals surface area (Å²) >= 11 is 6.84. The van der Waals surface area contributed by atoms with Gasteiger partial charge in [-0.1, -0.05) is 30.3 Å². The number of carbonyl (C=O) groups is 2. The first-order valence-electron chi connectivity index (χ1n) is 12.5. The predicted molar refractivity (Wildman–Crippen MR) is 136 cm³/mol. The van der Waals surface area contributed by atoms with Crippen molar-refractivity contribution in [1.82, 2.24) is 9.55 Å². The lowest BCUT2D eigenvalue weighted by molar-refractivity contribution is -0.171. The largest absolute Gasteiger partial charge is 0.455 e. The molecular formula is C26H31ClN4O5. The van der Waals surface area contributed by atoms with Gasteiger partial charge in [-0.2, -0.15) is 0 Å². The average molecular weight is 515 g/mol. The van der Waals surface area contributed by atoms with Gasteiger partial charge in [0, 0.05) is 11.4 Å². The van der Waals surface area contributed by atoms with Crippen molar-refractivity contribution in [3.8, 4) is 0 Å². The fourth-order valence-electron chi connectivity index (χ4n) is 6.97. The number of aromatic amines is 1. The number of carbonyl (C=O) groups excluding carboxylic acids is 2. The van der Waals surface area contributed by atoms with Crippen LogP contribution in [-0.2, 0) is 20.9 Å². The Morgan fingerprint density at radius 3 is 2.44 bits per heavy atom. The molecule has 1 heterocycles. The summed E-state index contributed by atoms with van der Waals surface area (Å²) in [6.07, 6.45) is 5.05. The molecule has 36 heavy (non-hydrogen) atoms. The number of nitrogen functional groups attached to an aromatic ring is 1. The van der Waals surface area contributed by atoms with E-state index in [4.69, 9.17) is 22.1 Å². The minimum Gasteiger partial charge on any atom is -0.455 e. The molecule has 9 nitrogen and oxygen atoms in total. The minimum atomic E-state index is -0.770. The molecule has 0 unspecified atom stereocenters. The molecule has 4 fully saturated rings. The van der Waals surface area contributed by atoms with Crippen LogP contribution in [0.2, 0.25) is 0 Å². The van der Waals surface area contributed by atoms with Crippen LogP contribution in [0.3, 0.4) is 0 Å². The van der Waals surface area contributed by atoms with Gasteiger partial charge < -0.3 is 15.4 Å². The number of nitrogens with one attached hydrogen (secondary N) is 1. The Kier molecular flexibility index (Phi) is 6.22. The Morgan fingerprint density at radius 2 is 1.83 bits per heavy atom. The van der Waals surface area contributed by atoms with E-state index in [1.807, 2.05) is 30.3 Å². The standard InChI is InChI=1S/C26H31ClN4O5/c1-2-30(20-21(28)31(24(35)29-22(20)33)13-16-6-4-3-5-7-16)19(32)14-36-23(34)25-9-17-8-18(10-25)12-26(27,11-17)15-25/h3-7,17-18H,2,8-15,28H2,1H3,(H,29,33,35)/t17-,18-,25?,26?/m1/s1. The topological polar surface area (TPSA) is 127 Å².